The van der Waals surface area contributed by atoms with Crippen molar-refractivity contribution in [1.29, 1.82) is 0 Å². The Hall–Kier alpha value is -2.03. The molecule has 0 aromatic rings. The molecule has 0 bridgehead atoms. The summed E-state index contributed by atoms with van der Waals surface area (Å²) in [6, 6.07) is 0. The fourth-order valence-electron chi connectivity index (χ4n) is 4.82. The minimum Gasteiger partial charge on any atom is -0.756 e. The van der Waals surface area contributed by atoms with Gasteiger partial charge in [0.25, 0.3) is 7.82 Å². The summed E-state index contributed by atoms with van der Waals surface area (Å²) in [6.45, 7) is 4.03. The van der Waals surface area contributed by atoms with Crippen LogP contribution in [0.4, 0.5) is 0 Å². The zero-order valence-electron chi connectivity index (χ0n) is 32.3. The highest BCUT2D eigenvalue weighted by Gasteiger charge is 2.21. The Balaban J connectivity index is 4.47. The van der Waals surface area contributed by atoms with Crippen LogP contribution in [0.25, 0.3) is 0 Å². The lowest BCUT2D eigenvalue weighted by molar-refractivity contribution is -0.870. The Labute approximate surface area is 305 Å². The van der Waals surface area contributed by atoms with Gasteiger partial charge in [0, 0.05) is 12.8 Å². The second-order valence-corrected chi connectivity index (χ2v) is 15.3. The monoisotopic (exact) mass is 725 g/mol. The average molecular weight is 726 g/mol. The van der Waals surface area contributed by atoms with Gasteiger partial charge in [-0.3, -0.25) is 14.2 Å². The molecule has 10 heteroatoms. The first kappa shape index (κ1) is 48.0. The number of phosphoric acid groups is 1. The van der Waals surface area contributed by atoms with Gasteiger partial charge in [0.05, 0.1) is 27.7 Å². The first-order valence-corrected chi connectivity index (χ1v) is 20.8. The molecular weight excluding hydrogens is 653 g/mol. The number of carbonyl (C=O) groups is 2. The molecule has 0 radical (unpaired) electrons. The zero-order chi connectivity index (χ0) is 37.2. The molecule has 50 heavy (non-hydrogen) atoms. The fraction of sp³-hybridized carbons (Fsp3) is 0.750. The standard InChI is InChI=1S/C40H72NO8P/c1-6-8-10-12-14-16-17-18-19-20-21-22-23-25-27-29-31-33-40(43)49-38(37-48-50(44,45)47-35-34-41(3,4)5)36-46-39(42)32-30-28-26-24-15-13-11-9-7-2/h8,10,14,16,18-19,21-22,38H,6-7,9,11-13,15,17,20,23-37H2,1-5H3/b10-8-,16-14-,19-18-,22-21-. The van der Waals surface area contributed by atoms with Gasteiger partial charge in [-0.2, -0.15) is 0 Å². The van der Waals surface area contributed by atoms with Crippen LogP contribution in [0.1, 0.15) is 142 Å². The second-order valence-electron chi connectivity index (χ2n) is 13.9. The molecule has 0 aliphatic carbocycles. The first-order chi connectivity index (χ1) is 24.0. The van der Waals surface area contributed by atoms with E-state index in [-0.39, 0.29) is 26.1 Å². The van der Waals surface area contributed by atoms with Crippen molar-refractivity contribution in [3.8, 4) is 0 Å². The number of phosphoric ester groups is 1. The summed E-state index contributed by atoms with van der Waals surface area (Å²) in [6.07, 6.45) is 35.7. The van der Waals surface area contributed by atoms with E-state index in [4.69, 9.17) is 18.5 Å². The smallest absolute Gasteiger partial charge is 0.306 e. The third-order valence-corrected chi connectivity index (χ3v) is 8.83. The number of nitrogens with zero attached hydrogens (tertiary/aromatic N) is 1. The second kappa shape index (κ2) is 32.8. The molecule has 0 rings (SSSR count). The van der Waals surface area contributed by atoms with Gasteiger partial charge in [0.2, 0.25) is 0 Å². The maximum absolute atomic E-state index is 12.6. The van der Waals surface area contributed by atoms with Gasteiger partial charge in [-0.05, 0) is 51.4 Å². The topological polar surface area (TPSA) is 111 Å². The molecular formula is C40H72NO8P. The summed E-state index contributed by atoms with van der Waals surface area (Å²) in [5, 5.41) is 0. The van der Waals surface area contributed by atoms with Crippen LogP contribution in [-0.4, -0.2) is 70.0 Å². The van der Waals surface area contributed by atoms with E-state index in [0.717, 1.165) is 70.6 Å². The number of unbranched alkanes of at least 4 members (excludes halogenated alkanes) is 12. The molecule has 0 N–H and O–H groups in total. The fourth-order valence-corrected chi connectivity index (χ4v) is 5.55. The van der Waals surface area contributed by atoms with E-state index in [1.54, 1.807) is 0 Å². The van der Waals surface area contributed by atoms with Crippen molar-refractivity contribution in [2.24, 2.45) is 0 Å². The number of hydrogen-bond acceptors (Lipinski definition) is 8. The molecule has 0 fully saturated rings. The summed E-state index contributed by atoms with van der Waals surface area (Å²) in [4.78, 5) is 37.3. The molecule has 0 aromatic carbocycles. The van der Waals surface area contributed by atoms with E-state index in [0.29, 0.717) is 17.4 Å². The summed E-state index contributed by atoms with van der Waals surface area (Å²) >= 11 is 0. The SMILES string of the molecule is CC/C=C\C/C=C\C/C=C\C/C=C\CCCCCCC(=O)OC(COC(=O)CCCCCCCCCCC)COP(=O)([O-])OCC[N+](C)(C)C. The molecule has 2 atom stereocenters. The molecule has 0 aromatic heterocycles. The van der Waals surface area contributed by atoms with Gasteiger partial charge >= 0.3 is 11.9 Å². The first-order valence-electron chi connectivity index (χ1n) is 19.3. The average Bonchev–Trinajstić information content (AvgIpc) is 3.06. The van der Waals surface area contributed by atoms with Gasteiger partial charge in [-0.15, -0.1) is 0 Å². The van der Waals surface area contributed by atoms with Gasteiger partial charge in [-0.25, -0.2) is 0 Å². The number of hydrogen-bond donors (Lipinski definition) is 0. The van der Waals surface area contributed by atoms with Crippen molar-refractivity contribution in [2.45, 2.75) is 148 Å². The molecule has 9 nitrogen and oxygen atoms in total. The Bertz CT molecular complexity index is 1000. The van der Waals surface area contributed by atoms with Crippen molar-refractivity contribution in [2.75, 3.05) is 47.5 Å². The molecule has 2 unspecified atom stereocenters. The van der Waals surface area contributed by atoms with Crippen LogP contribution < -0.4 is 4.89 Å². The van der Waals surface area contributed by atoms with E-state index in [1.165, 1.54) is 38.5 Å². The molecule has 0 saturated carbocycles. The van der Waals surface area contributed by atoms with Crippen LogP contribution >= 0.6 is 7.82 Å². The Morgan fingerprint density at radius 1 is 0.640 bits per heavy atom. The van der Waals surface area contributed by atoms with E-state index >= 15 is 0 Å². The molecule has 0 amide bonds. The number of esters is 2. The van der Waals surface area contributed by atoms with Crippen molar-refractivity contribution >= 4 is 19.8 Å². The lowest BCUT2D eigenvalue weighted by atomic mass is 10.1. The number of rotatable bonds is 34. The quantitative estimate of drug-likeness (QED) is 0.0212. The number of likely N-dealkylation sites (N-methyl/N-ethyl adjacent to an activating group) is 1. The lowest BCUT2D eigenvalue weighted by Crippen LogP contribution is -2.37. The van der Waals surface area contributed by atoms with Gasteiger partial charge in [-0.1, -0.05) is 127 Å². The molecule has 0 spiro atoms. The van der Waals surface area contributed by atoms with Crippen molar-refractivity contribution < 1.29 is 42.1 Å². The van der Waals surface area contributed by atoms with Gasteiger partial charge in [0.15, 0.2) is 6.10 Å². The summed E-state index contributed by atoms with van der Waals surface area (Å²) in [5.41, 5.74) is 0. The third kappa shape index (κ3) is 35.8. The predicted molar refractivity (Wildman–Crippen MR) is 203 cm³/mol. The number of quaternary nitrogens is 1. The van der Waals surface area contributed by atoms with Gasteiger partial charge in [0.1, 0.15) is 19.8 Å². The molecule has 0 heterocycles. The highest BCUT2D eigenvalue weighted by atomic mass is 31.2. The van der Waals surface area contributed by atoms with Crippen molar-refractivity contribution in [3.05, 3.63) is 48.6 Å². The molecule has 0 aliphatic heterocycles. The Morgan fingerprint density at radius 2 is 1.14 bits per heavy atom. The Morgan fingerprint density at radius 3 is 1.70 bits per heavy atom. The van der Waals surface area contributed by atoms with Crippen molar-refractivity contribution in [1.82, 2.24) is 0 Å². The molecule has 0 saturated heterocycles. The maximum atomic E-state index is 12.6. The third-order valence-electron chi connectivity index (χ3n) is 7.86. The Kier molecular flexibility index (Phi) is 31.5. The van der Waals surface area contributed by atoms with Crippen molar-refractivity contribution in [3.63, 3.8) is 0 Å². The minimum absolute atomic E-state index is 0.0370. The summed E-state index contributed by atoms with van der Waals surface area (Å²) < 4.78 is 33.7. The van der Waals surface area contributed by atoms with E-state index in [9.17, 15) is 19.0 Å². The zero-order valence-corrected chi connectivity index (χ0v) is 33.2. The van der Waals surface area contributed by atoms with E-state index in [1.807, 2.05) is 21.1 Å². The number of carbonyl (C=O) groups excluding carboxylic acids is 2. The largest absolute Gasteiger partial charge is 0.756 e. The number of allylic oxidation sites excluding steroid dienone is 8. The van der Waals surface area contributed by atoms with Crippen LogP contribution in [0.3, 0.4) is 0 Å². The highest BCUT2D eigenvalue weighted by molar-refractivity contribution is 7.45. The number of ether oxygens (including phenoxy) is 2. The normalized spacial score (nSPS) is 14.3. The van der Waals surface area contributed by atoms with Crippen LogP contribution in [0, 0.1) is 0 Å². The van der Waals surface area contributed by atoms with Crippen LogP contribution in [0.5, 0.6) is 0 Å². The van der Waals surface area contributed by atoms with Crippen LogP contribution in [0.15, 0.2) is 48.6 Å². The minimum atomic E-state index is -4.62. The predicted octanol–water partition coefficient (Wildman–Crippen LogP) is 9.72. The maximum Gasteiger partial charge on any atom is 0.306 e. The molecule has 0 aliphatic rings. The summed E-state index contributed by atoms with van der Waals surface area (Å²) in [5.74, 6) is -0.869. The molecule has 290 valence electrons. The highest BCUT2D eigenvalue weighted by Crippen LogP contribution is 2.38. The van der Waals surface area contributed by atoms with E-state index in [2.05, 4.69) is 62.5 Å². The van der Waals surface area contributed by atoms with Gasteiger partial charge < -0.3 is 27.9 Å². The lowest BCUT2D eigenvalue weighted by Gasteiger charge is -2.28. The van der Waals surface area contributed by atoms with Crippen LogP contribution in [-0.2, 0) is 32.7 Å². The summed E-state index contributed by atoms with van der Waals surface area (Å²) in [7, 11) is 1.14. The van der Waals surface area contributed by atoms with Crippen LogP contribution in [0.2, 0.25) is 0 Å². The van der Waals surface area contributed by atoms with E-state index < -0.39 is 32.5 Å².